The van der Waals surface area contributed by atoms with Crippen molar-refractivity contribution in [2.45, 2.75) is 49.5 Å². The number of hydrogen-bond acceptors (Lipinski definition) is 3. The van der Waals surface area contributed by atoms with E-state index in [1.54, 1.807) is 23.5 Å². The molecule has 1 saturated carbocycles. The Morgan fingerprint density at radius 3 is 2.70 bits per heavy atom. The molecule has 0 amide bonds. The van der Waals surface area contributed by atoms with E-state index in [-0.39, 0.29) is 6.04 Å². The van der Waals surface area contributed by atoms with Gasteiger partial charge in [0.1, 0.15) is 0 Å². The van der Waals surface area contributed by atoms with Crippen molar-refractivity contribution in [2.75, 3.05) is 18.9 Å². The molecule has 0 aromatic heterocycles. The lowest BCUT2D eigenvalue weighted by Gasteiger charge is -2.25. The molecule has 1 heterocycles. The molecule has 0 radical (unpaired) electrons. The zero-order chi connectivity index (χ0) is 14.2. The second kappa shape index (κ2) is 5.37. The van der Waals surface area contributed by atoms with Crippen LogP contribution in [0, 0.1) is 0 Å². The number of nitrogens with one attached hydrogen (secondary N) is 1. The van der Waals surface area contributed by atoms with Crippen LogP contribution in [0.25, 0.3) is 0 Å². The minimum Gasteiger partial charge on any atom is -0.385 e. The Bertz CT molecular complexity index is 592. The molecule has 0 atom stereocenters. The van der Waals surface area contributed by atoms with Gasteiger partial charge in [-0.05, 0) is 43.4 Å². The molecule has 110 valence electrons. The van der Waals surface area contributed by atoms with Crippen LogP contribution in [-0.4, -0.2) is 32.4 Å². The Labute approximate surface area is 121 Å². The lowest BCUT2D eigenvalue weighted by atomic mass is 10.0. The summed E-state index contributed by atoms with van der Waals surface area (Å²) in [6.07, 6.45) is 6.38. The first-order chi connectivity index (χ1) is 9.59. The summed E-state index contributed by atoms with van der Waals surface area (Å²) < 4.78 is 27.0. The molecule has 5 heteroatoms. The molecule has 0 unspecified atom stereocenters. The van der Waals surface area contributed by atoms with Crippen LogP contribution in [0.3, 0.4) is 0 Å². The standard InChI is InChI=1S/C15H22N2O2S/c1-17(13-6-2-3-7-13)20(18,19)14-9-8-12-5-4-10-16-15(12)11-14/h8-9,11,13,16H,2-7,10H2,1H3. The van der Waals surface area contributed by atoms with E-state index in [1.165, 1.54) is 5.56 Å². The fourth-order valence-electron chi connectivity index (χ4n) is 3.23. The SMILES string of the molecule is CN(C1CCCC1)S(=O)(=O)c1ccc2c(c1)NCCC2. The number of benzene rings is 1. The zero-order valence-electron chi connectivity index (χ0n) is 11.9. The molecule has 4 nitrogen and oxygen atoms in total. The van der Waals surface area contributed by atoms with Gasteiger partial charge in [-0.15, -0.1) is 0 Å². The molecule has 1 aliphatic heterocycles. The Morgan fingerprint density at radius 1 is 1.20 bits per heavy atom. The van der Waals surface area contributed by atoms with E-state index in [0.29, 0.717) is 4.90 Å². The van der Waals surface area contributed by atoms with Crippen LogP contribution in [0.4, 0.5) is 5.69 Å². The van der Waals surface area contributed by atoms with E-state index >= 15 is 0 Å². The van der Waals surface area contributed by atoms with E-state index in [9.17, 15) is 8.42 Å². The fraction of sp³-hybridized carbons (Fsp3) is 0.600. The highest BCUT2D eigenvalue weighted by molar-refractivity contribution is 7.89. The number of fused-ring (bicyclic) bond motifs is 1. The van der Waals surface area contributed by atoms with E-state index in [4.69, 9.17) is 0 Å². The average Bonchev–Trinajstić information content (AvgIpc) is 3.00. The summed E-state index contributed by atoms with van der Waals surface area (Å²) in [6, 6.07) is 5.68. The smallest absolute Gasteiger partial charge is 0.243 e. The van der Waals surface area contributed by atoms with Gasteiger partial charge in [0.15, 0.2) is 0 Å². The number of anilines is 1. The van der Waals surface area contributed by atoms with Gasteiger partial charge in [0, 0.05) is 25.3 Å². The molecule has 0 spiro atoms. The summed E-state index contributed by atoms with van der Waals surface area (Å²) in [5.74, 6) is 0. The van der Waals surface area contributed by atoms with Gasteiger partial charge in [0.05, 0.1) is 4.90 Å². The third-order valence-electron chi connectivity index (χ3n) is 4.54. The molecule has 3 rings (SSSR count). The summed E-state index contributed by atoms with van der Waals surface area (Å²) in [4.78, 5) is 0.417. The first-order valence-electron chi connectivity index (χ1n) is 7.44. The number of rotatable bonds is 3. The summed E-state index contributed by atoms with van der Waals surface area (Å²) in [5.41, 5.74) is 2.20. The quantitative estimate of drug-likeness (QED) is 0.932. The molecule has 1 aromatic carbocycles. The van der Waals surface area contributed by atoms with Crippen LogP contribution in [0.2, 0.25) is 0 Å². The highest BCUT2D eigenvalue weighted by atomic mass is 32.2. The van der Waals surface area contributed by atoms with Gasteiger partial charge in [-0.1, -0.05) is 18.9 Å². The topological polar surface area (TPSA) is 49.4 Å². The van der Waals surface area contributed by atoms with Gasteiger partial charge >= 0.3 is 0 Å². The van der Waals surface area contributed by atoms with Crippen LogP contribution in [0.1, 0.15) is 37.7 Å². The number of sulfonamides is 1. The molecule has 0 saturated heterocycles. The van der Waals surface area contributed by atoms with Gasteiger partial charge in [0.25, 0.3) is 0 Å². The number of hydrogen-bond donors (Lipinski definition) is 1. The molecule has 2 aliphatic rings. The van der Waals surface area contributed by atoms with E-state index in [0.717, 1.165) is 50.8 Å². The van der Waals surface area contributed by atoms with Crippen LogP contribution in [0.5, 0.6) is 0 Å². The summed E-state index contributed by atoms with van der Waals surface area (Å²) in [5, 5.41) is 3.30. The number of aryl methyl sites for hydroxylation is 1. The Balaban J connectivity index is 1.90. The molecule has 1 fully saturated rings. The number of nitrogens with zero attached hydrogens (tertiary/aromatic N) is 1. The first kappa shape index (κ1) is 13.9. The van der Waals surface area contributed by atoms with Crippen LogP contribution in [0.15, 0.2) is 23.1 Å². The second-order valence-electron chi connectivity index (χ2n) is 5.81. The second-order valence-corrected chi connectivity index (χ2v) is 7.81. The van der Waals surface area contributed by atoms with E-state index in [1.807, 2.05) is 6.07 Å². The van der Waals surface area contributed by atoms with Crippen molar-refractivity contribution >= 4 is 15.7 Å². The van der Waals surface area contributed by atoms with Gasteiger partial charge < -0.3 is 5.32 Å². The maximum atomic E-state index is 12.7. The van der Waals surface area contributed by atoms with Gasteiger partial charge in [-0.3, -0.25) is 0 Å². The molecule has 0 bridgehead atoms. The van der Waals surface area contributed by atoms with E-state index in [2.05, 4.69) is 5.32 Å². The van der Waals surface area contributed by atoms with Crippen molar-refractivity contribution in [3.63, 3.8) is 0 Å². The predicted molar refractivity (Wildman–Crippen MR) is 80.5 cm³/mol. The van der Waals surface area contributed by atoms with Crippen LogP contribution >= 0.6 is 0 Å². The fourth-order valence-corrected chi connectivity index (χ4v) is 4.67. The van der Waals surface area contributed by atoms with Crippen molar-refractivity contribution in [1.29, 1.82) is 0 Å². The molecule has 1 aromatic rings. The third-order valence-corrected chi connectivity index (χ3v) is 6.44. The van der Waals surface area contributed by atoms with Crippen LogP contribution < -0.4 is 5.32 Å². The molecular formula is C15H22N2O2S. The summed E-state index contributed by atoms with van der Waals surface area (Å²) in [6.45, 7) is 0.926. The zero-order valence-corrected chi connectivity index (χ0v) is 12.7. The minimum atomic E-state index is -3.36. The van der Waals surface area contributed by atoms with Crippen molar-refractivity contribution in [2.24, 2.45) is 0 Å². The maximum absolute atomic E-state index is 12.7. The third kappa shape index (κ3) is 2.44. The Hall–Kier alpha value is -1.07. The first-order valence-corrected chi connectivity index (χ1v) is 8.88. The Kier molecular flexibility index (Phi) is 3.73. The molecular weight excluding hydrogens is 272 g/mol. The highest BCUT2D eigenvalue weighted by Crippen LogP contribution is 2.30. The Morgan fingerprint density at radius 2 is 1.95 bits per heavy atom. The van der Waals surface area contributed by atoms with Gasteiger partial charge in [0.2, 0.25) is 10.0 Å². The predicted octanol–water partition coefficient (Wildman–Crippen LogP) is 2.61. The minimum absolute atomic E-state index is 0.170. The largest absolute Gasteiger partial charge is 0.385 e. The molecule has 1 N–H and O–H groups in total. The molecule has 20 heavy (non-hydrogen) atoms. The van der Waals surface area contributed by atoms with Crippen molar-refractivity contribution < 1.29 is 8.42 Å². The maximum Gasteiger partial charge on any atom is 0.243 e. The summed E-state index contributed by atoms with van der Waals surface area (Å²) in [7, 11) is -1.64. The van der Waals surface area contributed by atoms with Crippen molar-refractivity contribution in [3.8, 4) is 0 Å². The monoisotopic (exact) mass is 294 g/mol. The van der Waals surface area contributed by atoms with Crippen molar-refractivity contribution in [3.05, 3.63) is 23.8 Å². The molecule has 1 aliphatic carbocycles. The van der Waals surface area contributed by atoms with Crippen LogP contribution in [-0.2, 0) is 16.4 Å². The average molecular weight is 294 g/mol. The van der Waals surface area contributed by atoms with Crippen molar-refractivity contribution in [1.82, 2.24) is 4.31 Å². The highest BCUT2D eigenvalue weighted by Gasteiger charge is 2.30. The van der Waals surface area contributed by atoms with Gasteiger partial charge in [-0.2, -0.15) is 4.31 Å². The lowest BCUT2D eigenvalue weighted by Crippen LogP contribution is -2.35. The normalized spacial score (nSPS) is 19.9. The van der Waals surface area contributed by atoms with E-state index < -0.39 is 10.0 Å². The van der Waals surface area contributed by atoms with Gasteiger partial charge in [-0.25, -0.2) is 8.42 Å². The summed E-state index contributed by atoms with van der Waals surface area (Å²) >= 11 is 0. The lowest BCUT2D eigenvalue weighted by molar-refractivity contribution is 0.373.